The summed E-state index contributed by atoms with van der Waals surface area (Å²) in [6.45, 7) is 0.0114. The third-order valence-corrected chi connectivity index (χ3v) is 1.96. The van der Waals surface area contributed by atoms with Gasteiger partial charge in [0.1, 0.15) is 0 Å². The van der Waals surface area contributed by atoms with Crippen molar-refractivity contribution in [3.05, 3.63) is 0 Å². The summed E-state index contributed by atoms with van der Waals surface area (Å²) in [5.41, 5.74) is 0. The summed E-state index contributed by atoms with van der Waals surface area (Å²) in [5.74, 6) is -1.31. The lowest BCUT2D eigenvalue weighted by atomic mass is 10.2. The molecule has 0 radical (unpaired) electrons. The van der Waals surface area contributed by atoms with Crippen LogP contribution in [0.4, 0.5) is 13.2 Å². The molecule has 3 nitrogen and oxygen atoms in total. The molecule has 1 aliphatic rings. The van der Waals surface area contributed by atoms with Gasteiger partial charge >= 0.3 is 12.1 Å². The van der Waals surface area contributed by atoms with E-state index < -0.39 is 24.7 Å². The number of carboxylic acid groups (broad SMARTS) is 1. The van der Waals surface area contributed by atoms with Gasteiger partial charge in [-0.3, -0.25) is 4.79 Å². The molecule has 1 fully saturated rings. The summed E-state index contributed by atoms with van der Waals surface area (Å²) in [6.07, 6.45) is -6.03. The molecule has 0 aromatic carbocycles. The van der Waals surface area contributed by atoms with Crippen molar-refractivity contribution in [2.75, 3.05) is 6.61 Å². The topological polar surface area (TPSA) is 46.5 Å². The Morgan fingerprint density at radius 3 is 2.43 bits per heavy atom. The fraction of sp³-hybridized carbons (Fsp3) is 0.875. The molecule has 1 saturated carbocycles. The number of halogens is 3. The number of rotatable bonds is 5. The Morgan fingerprint density at radius 1 is 1.50 bits per heavy atom. The van der Waals surface area contributed by atoms with Gasteiger partial charge in [0.15, 0.2) is 6.10 Å². The van der Waals surface area contributed by atoms with Crippen LogP contribution in [-0.2, 0) is 9.53 Å². The van der Waals surface area contributed by atoms with E-state index in [9.17, 15) is 18.0 Å². The van der Waals surface area contributed by atoms with Gasteiger partial charge in [-0.25, -0.2) is 0 Å². The van der Waals surface area contributed by atoms with Crippen molar-refractivity contribution < 1.29 is 27.8 Å². The second-order valence-corrected chi connectivity index (χ2v) is 3.40. The van der Waals surface area contributed by atoms with Gasteiger partial charge in [0, 0.05) is 0 Å². The molecule has 0 amide bonds. The first-order chi connectivity index (χ1) is 6.39. The van der Waals surface area contributed by atoms with Gasteiger partial charge in [-0.1, -0.05) is 0 Å². The predicted octanol–water partition coefficient (Wildman–Crippen LogP) is 1.82. The van der Waals surface area contributed by atoms with Crippen LogP contribution in [0.2, 0.25) is 0 Å². The van der Waals surface area contributed by atoms with Crippen molar-refractivity contribution >= 4 is 5.97 Å². The van der Waals surface area contributed by atoms with Crippen LogP contribution in [0.3, 0.4) is 0 Å². The average Bonchev–Trinajstić information content (AvgIpc) is 2.77. The van der Waals surface area contributed by atoms with Gasteiger partial charge < -0.3 is 9.84 Å². The molecule has 0 spiro atoms. The lowest BCUT2D eigenvalue weighted by molar-refractivity contribution is -0.225. The summed E-state index contributed by atoms with van der Waals surface area (Å²) in [5, 5.41) is 8.25. The summed E-state index contributed by atoms with van der Waals surface area (Å²) in [4.78, 5) is 10.1. The van der Waals surface area contributed by atoms with Crippen LogP contribution in [0, 0.1) is 5.92 Å². The van der Waals surface area contributed by atoms with E-state index in [-0.39, 0.29) is 12.5 Å². The maximum Gasteiger partial charge on any atom is 0.415 e. The van der Waals surface area contributed by atoms with E-state index in [1.165, 1.54) is 0 Å². The Hall–Kier alpha value is -0.780. The molecule has 0 saturated heterocycles. The first kappa shape index (κ1) is 11.3. The van der Waals surface area contributed by atoms with Gasteiger partial charge in [0.05, 0.1) is 13.0 Å². The molecule has 82 valence electrons. The summed E-state index contributed by atoms with van der Waals surface area (Å²) < 4.78 is 41.0. The molecular formula is C8H11F3O3. The van der Waals surface area contributed by atoms with Gasteiger partial charge in [0.25, 0.3) is 0 Å². The molecule has 0 aliphatic heterocycles. The van der Waals surface area contributed by atoms with Crippen molar-refractivity contribution in [2.24, 2.45) is 5.92 Å². The molecule has 0 bridgehead atoms. The van der Waals surface area contributed by atoms with E-state index in [1.807, 2.05) is 0 Å². The first-order valence-electron chi connectivity index (χ1n) is 4.29. The number of alkyl halides is 3. The number of ether oxygens (including phenoxy) is 1. The standard InChI is InChI=1S/C8H11F3O3/c9-8(10,11)6(3-7(12)13)14-4-5-1-2-5/h5-6H,1-4H2,(H,12,13). The zero-order chi connectivity index (χ0) is 10.8. The Morgan fingerprint density at radius 2 is 2.07 bits per heavy atom. The van der Waals surface area contributed by atoms with E-state index >= 15 is 0 Å². The molecular weight excluding hydrogens is 201 g/mol. The minimum absolute atomic E-state index is 0.0114. The Labute approximate surface area is 78.9 Å². The van der Waals surface area contributed by atoms with Crippen molar-refractivity contribution in [3.63, 3.8) is 0 Å². The Kier molecular flexibility index (Phi) is 3.36. The fourth-order valence-corrected chi connectivity index (χ4v) is 0.964. The van der Waals surface area contributed by atoms with E-state index in [0.29, 0.717) is 0 Å². The zero-order valence-corrected chi connectivity index (χ0v) is 7.38. The van der Waals surface area contributed by atoms with E-state index in [1.54, 1.807) is 0 Å². The third kappa shape index (κ3) is 3.95. The molecule has 1 aliphatic carbocycles. The van der Waals surface area contributed by atoms with Gasteiger partial charge in [0.2, 0.25) is 0 Å². The van der Waals surface area contributed by atoms with Crippen LogP contribution >= 0.6 is 0 Å². The zero-order valence-electron chi connectivity index (χ0n) is 7.38. The predicted molar refractivity (Wildman–Crippen MR) is 40.8 cm³/mol. The maximum atomic E-state index is 12.2. The van der Waals surface area contributed by atoms with Crippen LogP contribution in [0.1, 0.15) is 19.3 Å². The van der Waals surface area contributed by atoms with Crippen molar-refractivity contribution in [3.8, 4) is 0 Å². The lowest BCUT2D eigenvalue weighted by Crippen LogP contribution is -2.34. The van der Waals surface area contributed by atoms with Crippen LogP contribution in [0.25, 0.3) is 0 Å². The van der Waals surface area contributed by atoms with Gasteiger partial charge in [-0.2, -0.15) is 13.2 Å². The van der Waals surface area contributed by atoms with Crippen molar-refractivity contribution in [1.82, 2.24) is 0 Å². The molecule has 0 aromatic heterocycles. The van der Waals surface area contributed by atoms with Gasteiger partial charge in [-0.15, -0.1) is 0 Å². The smallest absolute Gasteiger partial charge is 0.415 e. The Bertz CT molecular complexity index is 210. The number of hydrogen-bond donors (Lipinski definition) is 1. The monoisotopic (exact) mass is 212 g/mol. The molecule has 6 heteroatoms. The second kappa shape index (κ2) is 4.16. The van der Waals surface area contributed by atoms with E-state index in [0.717, 1.165) is 12.8 Å². The minimum atomic E-state index is -4.59. The highest BCUT2D eigenvalue weighted by Gasteiger charge is 2.42. The molecule has 0 heterocycles. The van der Waals surface area contributed by atoms with E-state index in [2.05, 4.69) is 4.74 Å². The molecule has 1 N–H and O–H groups in total. The van der Waals surface area contributed by atoms with Crippen LogP contribution in [0.15, 0.2) is 0 Å². The minimum Gasteiger partial charge on any atom is -0.481 e. The molecule has 1 atom stereocenters. The van der Waals surface area contributed by atoms with Crippen molar-refractivity contribution in [1.29, 1.82) is 0 Å². The number of aliphatic carboxylic acids is 1. The highest BCUT2D eigenvalue weighted by Crippen LogP contribution is 2.32. The molecule has 1 rings (SSSR count). The SMILES string of the molecule is O=C(O)CC(OCC1CC1)C(F)(F)F. The Balaban J connectivity index is 2.38. The quantitative estimate of drug-likeness (QED) is 0.756. The third-order valence-electron chi connectivity index (χ3n) is 1.96. The fourth-order valence-electron chi connectivity index (χ4n) is 0.964. The summed E-state index contributed by atoms with van der Waals surface area (Å²) >= 11 is 0. The lowest BCUT2D eigenvalue weighted by Gasteiger charge is -2.18. The highest BCUT2D eigenvalue weighted by atomic mass is 19.4. The molecule has 14 heavy (non-hydrogen) atoms. The number of hydrogen-bond acceptors (Lipinski definition) is 2. The number of carbonyl (C=O) groups is 1. The van der Waals surface area contributed by atoms with Crippen molar-refractivity contribution in [2.45, 2.75) is 31.5 Å². The van der Waals surface area contributed by atoms with Crippen LogP contribution < -0.4 is 0 Å². The van der Waals surface area contributed by atoms with Crippen LogP contribution in [0.5, 0.6) is 0 Å². The molecule has 0 aromatic rings. The first-order valence-corrected chi connectivity index (χ1v) is 4.29. The van der Waals surface area contributed by atoms with Gasteiger partial charge in [-0.05, 0) is 18.8 Å². The maximum absolute atomic E-state index is 12.2. The second-order valence-electron chi connectivity index (χ2n) is 3.40. The van der Waals surface area contributed by atoms with Crippen LogP contribution in [-0.4, -0.2) is 30.0 Å². The normalized spacial score (nSPS) is 19.4. The van der Waals surface area contributed by atoms with E-state index in [4.69, 9.17) is 5.11 Å². The highest BCUT2D eigenvalue weighted by molar-refractivity contribution is 5.67. The number of carboxylic acids is 1. The average molecular weight is 212 g/mol. The molecule has 1 unspecified atom stereocenters. The largest absolute Gasteiger partial charge is 0.481 e. The summed E-state index contributed by atoms with van der Waals surface area (Å²) in [7, 11) is 0. The summed E-state index contributed by atoms with van der Waals surface area (Å²) in [6, 6.07) is 0.